The fourth-order valence-corrected chi connectivity index (χ4v) is 4.10. The van der Waals surface area contributed by atoms with Crippen molar-refractivity contribution in [2.45, 2.75) is 78.0 Å². The largest absolute Gasteiger partial charge is 0.444 e. The lowest BCUT2D eigenvalue weighted by molar-refractivity contribution is 0.0493. The van der Waals surface area contributed by atoms with Crippen LogP contribution in [0.3, 0.4) is 0 Å². The van der Waals surface area contributed by atoms with Gasteiger partial charge in [0, 0.05) is 11.6 Å². The van der Waals surface area contributed by atoms with Gasteiger partial charge >= 0.3 is 12.2 Å². The van der Waals surface area contributed by atoms with Crippen molar-refractivity contribution in [3.63, 3.8) is 0 Å². The fraction of sp³-hybridized carbons (Fsp3) is 0.444. The minimum atomic E-state index is -0.612. The Morgan fingerprint density at radius 1 is 1.03 bits per heavy atom. The Balaban J connectivity index is 1.48. The van der Waals surface area contributed by atoms with Crippen LogP contribution in [0.5, 0.6) is 0 Å². The standard InChI is InChI=1S/C27H34N6O4/c1-26(2,3)36-24(34)32-21-9-7-8-17-12-18(10-11-20(17)21)22-13-23(29-16-28-22)31-19-14-30-33(15-19)25(35)37-27(4,5)6/h10-16,21H,7-9H2,1-6H3,(H,32,34)(H,28,29,31). The van der Waals surface area contributed by atoms with Crippen molar-refractivity contribution in [3.05, 3.63) is 54.1 Å². The molecular weight excluding hydrogens is 472 g/mol. The molecule has 2 aromatic heterocycles. The van der Waals surface area contributed by atoms with Crippen LogP contribution in [0, 0.1) is 0 Å². The van der Waals surface area contributed by atoms with E-state index in [0.29, 0.717) is 11.5 Å². The van der Waals surface area contributed by atoms with Crippen LogP contribution in [-0.2, 0) is 15.9 Å². The second-order valence-corrected chi connectivity index (χ2v) is 11.1. The zero-order chi connectivity index (χ0) is 26.8. The minimum absolute atomic E-state index is 0.0863. The summed E-state index contributed by atoms with van der Waals surface area (Å²) >= 11 is 0. The van der Waals surface area contributed by atoms with Gasteiger partial charge in [-0.3, -0.25) is 0 Å². The third kappa shape index (κ3) is 7.05. The Morgan fingerprint density at radius 2 is 1.78 bits per heavy atom. The van der Waals surface area contributed by atoms with Crippen LogP contribution in [0.1, 0.15) is 71.6 Å². The molecule has 37 heavy (non-hydrogen) atoms. The summed E-state index contributed by atoms with van der Waals surface area (Å²) in [6, 6.07) is 7.92. The highest BCUT2D eigenvalue weighted by molar-refractivity contribution is 5.72. The Kier molecular flexibility index (Phi) is 7.20. The number of nitrogens with one attached hydrogen (secondary N) is 2. The van der Waals surface area contributed by atoms with Crippen LogP contribution in [0.15, 0.2) is 43.0 Å². The highest BCUT2D eigenvalue weighted by Gasteiger charge is 2.25. The smallest absolute Gasteiger partial charge is 0.435 e. The summed E-state index contributed by atoms with van der Waals surface area (Å²) in [5.74, 6) is 0.566. The molecule has 1 amide bonds. The van der Waals surface area contributed by atoms with Gasteiger partial charge < -0.3 is 20.1 Å². The first-order valence-electron chi connectivity index (χ1n) is 12.4. The zero-order valence-electron chi connectivity index (χ0n) is 22.2. The van der Waals surface area contributed by atoms with Gasteiger partial charge in [0.05, 0.1) is 29.8 Å². The van der Waals surface area contributed by atoms with Gasteiger partial charge in [0.2, 0.25) is 0 Å². The molecule has 2 heterocycles. The summed E-state index contributed by atoms with van der Waals surface area (Å²) in [4.78, 5) is 33.3. The molecule has 4 rings (SSSR count). The van der Waals surface area contributed by atoms with E-state index in [4.69, 9.17) is 9.47 Å². The highest BCUT2D eigenvalue weighted by atomic mass is 16.6. The molecule has 196 valence electrons. The van der Waals surface area contributed by atoms with Gasteiger partial charge in [-0.25, -0.2) is 19.6 Å². The van der Waals surface area contributed by atoms with Gasteiger partial charge in [-0.05, 0) is 78.0 Å². The van der Waals surface area contributed by atoms with Crippen molar-refractivity contribution < 1.29 is 19.1 Å². The van der Waals surface area contributed by atoms with Crippen LogP contribution in [0.4, 0.5) is 21.1 Å². The summed E-state index contributed by atoms with van der Waals surface area (Å²) in [5.41, 5.74) is 3.42. The summed E-state index contributed by atoms with van der Waals surface area (Å²) in [6.45, 7) is 11.0. The molecule has 10 nitrogen and oxygen atoms in total. The minimum Gasteiger partial charge on any atom is -0.444 e. The lowest BCUT2D eigenvalue weighted by Gasteiger charge is -2.28. The zero-order valence-corrected chi connectivity index (χ0v) is 22.2. The second kappa shape index (κ2) is 10.2. The topological polar surface area (TPSA) is 120 Å². The predicted octanol–water partition coefficient (Wildman–Crippen LogP) is 5.77. The summed E-state index contributed by atoms with van der Waals surface area (Å²) < 4.78 is 11.9. The number of fused-ring (bicyclic) bond motifs is 1. The molecule has 1 aliphatic carbocycles. The van der Waals surface area contributed by atoms with Crippen LogP contribution in [-0.4, -0.2) is 43.1 Å². The molecule has 3 aromatic rings. The van der Waals surface area contributed by atoms with E-state index >= 15 is 0 Å². The Morgan fingerprint density at radius 3 is 2.51 bits per heavy atom. The van der Waals surface area contributed by atoms with Crippen molar-refractivity contribution in [3.8, 4) is 11.3 Å². The van der Waals surface area contributed by atoms with E-state index < -0.39 is 23.4 Å². The second-order valence-electron chi connectivity index (χ2n) is 11.1. The molecule has 0 aliphatic heterocycles. The van der Waals surface area contributed by atoms with Crippen LogP contribution in [0.25, 0.3) is 11.3 Å². The Hall–Kier alpha value is -3.95. The van der Waals surface area contributed by atoms with Gasteiger partial charge in [-0.1, -0.05) is 12.1 Å². The quantitative estimate of drug-likeness (QED) is 0.458. The molecule has 0 saturated carbocycles. The normalized spacial score (nSPS) is 15.5. The maximum Gasteiger partial charge on any atom is 0.435 e. The molecule has 1 unspecified atom stereocenters. The number of benzene rings is 1. The van der Waals surface area contributed by atoms with Crippen LogP contribution in [0.2, 0.25) is 0 Å². The van der Waals surface area contributed by atoms with Crippen molar-refractivity contribution in [2.75, 3.05) is 5.32 Å². The molecule has 1 aliphatic rings. The molecular formula is C27H34N6O4. The lowest BCUT2D eigenvalue weighted by atomic mass is 9.86. The van der Waals surface area contributed by atoms with E-state index in [-0.39, 0.29) is 6.04 Å². The highest BCUT2D eigenvalue weighted by Crippen LogP contribution is 2.33. The van der Waals surface area contributed by atoms with E-state index in [1.165, 1.54) is 18.1 Å². The van der Waals surface area contributed by atoms with Gasteiger partial charge in [0.1, 0.15) is 23.3 Å². The van der Waals surface area contributed by atoms with Gasteiger partial charge in [-0.15, -0.1) is 0 Å². The lowest BCUT2D eigenvalue weighted by Crippen LogP contribution is -2.36. The van der Waals surface area contributed by atoms with Gasteiger partial charge in [0.15, 0.2) is 0 Å². The maximum atomic E-state index is 12.3. The average Bonchev–Trinajstić information content (AvgIpc) is 3.25. The van der Waals surface area contributed by atoms with E-state index in [0.717, 1.165) is 40.8 Å². The molecule has 1 aromatic carbocycles. The van der Waals surface area contributed by atoms with Crippen molar-refractivity contribution >= 4 is 23.7 Å². The van der Waals surface area contributed by atoms with E-state index in [2.05, 4.69) is 31.8 Å². The van der Waals surface area contributed by atoms with Gasteiger partial charge in [0.25, 0.3) is 0 Å². The van der Waals surface area contributed by atoms with E-state index in [1.54, 1.807) is 27.0 Å². The first-order valence-corrected chi connectivity index (χ1v) is 12.4. The number of hydrogen-bond acceptors (Lipinski definition) is 8. The Labute approximate surface area is 216 Å². The van der Waals surface area contributed by atoms with Crippen molar-refractivity contribution in [1.29, 1.82) is 0 Å². The average molecular weight is 507 g/mol. The van der Waals surface area contributed by atoms with E-state index in [9.17, 15) is 9.59 Å². The third-order valence-electron chi connectivity index (χ3n) is 5.55. The Bertz CT molecular complexity index is 1290. The van der Waals surface area contributed by atoms with Crippen molar-refractivity contribution in [2.24, 2.45) is 0 Å². The summed E-state index contributed by atoms with van der Waals surface area (Å²) in [7, 11) is 0. The SMILES string of the molecule is CC(C)(C)OC(=O)NC1CCCc2cc(-c3cc(Nc4cnn(C(=O)OC(C)(C)C)c4)ncn3)ccc21. The number of carbonyl (C=O) groups is 2. The number of aromatic nitrogens is 4. The molecule has 0 spiro atoms. The number of rotatable bonds is 4. The molecule has 1 atom stereocenters. The number of hydrogen-bond donors (Lipinski definition) is 2. The van der Waals surface area contributed by atoms with Crippen molar-refractivity contribution in [1.82, 2.24) is 25.1 Å². The van der Waals surface area contributed by atoms with Gasteiger partial charge in [-0.2, -0.15) is 9.78 Å². The first-order chi connectivity index (χ1) is 17.4. The van der Waals surface area contributed by atoms with Crippen LogP contribution < -0.4 is 10.6 Å². The number of alkyl carbamates (subject to hydrolysis) is 1. The molecule has 2 N–H and O–H groups in total. The number of amides is 1. The first kappa shape index (κ1) is 26.1. The maximum absolute atomic E-state index is 12.3. The molecule has 0 bridgehead atoms. The summed E-state index contributed by atoms with van der Waals surface area (Å²) in [6.07, 6.45) is 6.36. The monoisotopic (exact) mass is 506 g/mol. The molecule has 0 fully saturated rings. The molecule has 10 heteroatoms. The summed E-state index contributed by atoms with van der Waals surface area (Å²) in [5, 5.41) is 10.2. The number of nitrogens with zero attached hydrogens (tertiary/aromatic N) is 4. The number of anilines is 2. The third-order valence-corrected chi connectivity index (χ3v) is 5.55. The number of carbonyl (C=O) groups excluding carboxylic acids is 2. The molecule has 0 saturated heterocycles. The van der Waals surface area contributed by atoms with Crippen LogP contribution >= 0.6 is 0 Å². The predicted molar refractivity (Wildman–Crippen MR) is 140 cm³/mol. The fourth-order valence-electron chi connectivity index (χ4n) is 4.10. The number of ether oxygens (including phenoxy) is 2. The van der Waals surface area contributed by atoms with E-state index in [1.807, 2.05) is 39.0 Å². The molecule has 0 radical (unpaired) electrons. The number of aryl methyl sites for hydroxylation is 1.